The van der Waals surface area contributed by atoms with Gasteiger partial charge in [0.15, 0.2) is 0 Å². The minimum Gasteiger partial charge on any atom is -0.381 e. The topological polar surface area (TPSA) is 24.9 Å². The molecule has 0 saturated carbocycles. The molecule has 0 aliphatic heterocycles. The Morgan fingerprint density at radius 2 is 2.12 bits per heavy atom. The predicted octanol–water partition coefficient (Wildman–Crippen LogP) is 3.76. The lowest BCUT2D eigenvalue weighted by molar-refractivity contribution is 1.11. The molecule has 1 N–H and O–H groups in total. The average molecular weight is 277 g/mol. The normalized spacial score (nSPS) is 10.1. The van der Waals surface area contributed by atoms with Gasteiger partial charge in [-0.1, -0.05) is 28.1 Å². The number of aromatic nitrogens is 1. The van der Waals surface area contributed by atoms with Crippen LogP contribution in [0.4, 0.5) is 5.69 Å². The van der Waals surface area contributed by atoms with Gasteiger partial charge in [-0.25, -0.2) is 0 Å². The van der Waals surface area contributed by atoms with Gasteiger partial charge in [0, 0.05) is 29.1 Å². The van der Waals surface area contributed by atoms with Crippen molar-refractivity contribution in [3.63, 3.8) is 0 Å². The van der Waals surface area contributed by atoms with Crippen molar-refractivity contribution < 1.29 is 0 Å². The molecule has 0 fully saturated rings. The molecule has 0 aliphatic carbocycles. The first-order valence-electron chi connectivity index (χ1n) is 5.15. The Hall–Kier alpha value is -1.35. The molecule has 0 atom stereocenters. The van der Waals surface area contributed by atoms with Gasteiger partial charge in [0.25, 0.3) is 0 Å². The minimum atomic E-state index is 0.797. The highest BCUT2D eigenvalue weighted by molar-refractivity contribution is 9.10. The third-order valence-corrected chi connectivity index (χ3v) is 3.33. The van der Waals surface area contributed by atoms with E-state index in [-0.39, 0.29) is 0 Å². The molecule has 82 valence electrons. The van der Waals surface area contributed by atoms with Crippen molar-refractivity contribution in [2.24, 2.45) is 0 Å². The van der Waals surface area contributed by atoms with Crippen LogP contribution in [0, 0.1) is 6.92 Å². The zero-order valence-electron chi connectivity index (χ0n) is 9.07. The average Bonchev–Trinajstić information content (AvgIpc) is 2.32. The van der Waals surface area contributed by atoms with Crippen LogP contribution in [0.15, 0.2) is 47.2 Å². The smallest absolute Gasteiger partial charge is 0.0416 e. The van der Waals surface area contributed by atoms with Gasteiger partial charge >= 0.3 is 0 Å². The number of hydrogen-bond acceptors (Lipinski definition) is 2. The van der Waals surface area contributed by atoms with Gasteiger partial charge in [0.2, 0.25) is 0 Å². The van der Waals surface area contributed by atoms with E-state index in [1.165, 1.54) is 11.1 Å². The number of nitrogens with zero attached hydrogens (tertiary/aromatic N) is 1. The molecule has 1 aromatic carbocycles. The summed E-state index contributed by atoms with van der Waals surface area (Å²) < 4.78 is 1.13. The molecule has 0 amide bonds. The number of halogens is 1. The van der Waals surface area contributed by atoms with Crippen LogP contribution in [-0.2, 0) is 6.54 Å². The molecule has 0 unspecified atom stereocenters. The molecule has 2 nitrogen and oxygen atoms in total. The lowest BCUT2D eigenvalue weighted by Gasteiger charge is -2.10. The number of nitrogens with one attached hydrogen (secondary N) is 1. The van der Waals surface area contributed by atoms with Crippen molar-refractivity contribution in [3.05, 3.63) is 58.3 Å². The number of rotatable bonds is 3. The van der Waals surface area contributed by atoms with E-state index in [2.05, 4.69) is 45.3 Å². The maximum atomic E-state index is 4.09. The van der Waals surface area contributed by atoms with Crippen molar-refractivity contribution in [2.75, 3.05) is 5.32 Å². The summed E-state index contributed by atoms with van der Waals surface area (Å²) in [5, 5.41) is 3.40. The summed E-state index contributed by atoms with van der Waals surface area (Å²) in [6.07, 6.45) is 3.66. The van der Waals surface area contributed by atoms with Gasteiger partial charge in [-0.2, -0.15) is 0 Å². The van der Waals surface area contributed by atoms with Crippen LogP contribution in [0.25, 0.3) is 0 Å². The van der Waals surface area contributed by atoms with Crippen LogP contribution in [0.2, 0.25) is 0 Å². The highest BCUT2D eigenvalue weighted by atomic mass is 79.9. The van der Waals surface area contributed by atoms with Crippen LogP contribution in [-0.4, -0.2) is 4.98 Å². The van der Waals surface area contributed by atoms with E-state index in [9.17, 15) is 0 Å². The van der Waals surface area contributed by atoms with Crippen LogP contribution in [0.3, 0.4) is 0 Å². The summed E-state index contributed by atoms with van der Waals surface area (Å²) in [7, 11) is 0. The van der Waals surface area contributed by atoms with Gasteiger partial charge in [0.1, 0.15) is 0 Å². The molecule has 1 heterocycles. The number of anilines is 1. The predicted molar refractivity (Wildman–Crippen MR) is 70.4 cm³/mol. The Balaban J connectivity index is 2.08. The number of pyridine rings is 1. The standard InChI is InChI=1S/C13H13BrN2/c1-10-12(14)5-2-6-13(10)16-9-11-4-3-7-15-8-11/h2-8,16H,9H2,1H3. The number of hydrogen-bond donors (Lipinski definition) is 1. The van der Waals surface area contributed by atoms with Crippen molar-refractivity contribution in [3.8, 4) is 0 Å². The Morgan fingerprint density at radius 1 is 1.25 bits per heavy atom. The lowest BCUT2D eigenvalue weighted by atomic mass is 10.2. The molecule has 2 rings (SSSR count). The van der Waals surface area contributed by atoms with Crippen molar-refractivity contribution in [1.29, 1.82) is 0 Å². The highest BCUT2D eigenvalue weighted by Crippen LogP contribution is 2.23. The third-order valence-electron chi connectivity index (χ3n) is 2.47. The van der Waals surface area contributed by atoms with Crippen LogP contribution < -0.4 is 5.32 Å². The molecule has 2 aromatic rings. The van der Waals surface area contributed by atoms with Crippen molar-refractivity contribution in [1.82, 2.24) is 4.98 Å². The maximum absolute atomic E-state index is 4.09. The SMILES string of the molecule is Cc1c(Br)cccc1NCc1cccnc1. The first-order chi connectivity index (χ1) is 7.77. The van der Waals surface area contributed by atoms with Crippen LogP contribution in [0.5, 0.6) is 0 Å². The zero-order chi connectivity index (χ0) is 11.4. The highest BCUT2D eigenvalue weighted by Gasteiger charge is 2.00. The fourth-order valence-electron chi connectivity index (χ4n) is 1.50. The van der Waals surface area contributed by atoms with E-state index in [1.54, 1.807) is 6.20 Å². The Labute approximate surface area is 104 Å². The molecule has 0 spiro atoms. The summed E-state index contributed by atoms with van der Waals surface area (Å²) >= 11 is 3.52. The second-order valence-electron chi connectivity index (χ2n) is 3.63. The number of benzene rings is 1. The Morgan fingerprint density at radius 3 is 2.88 bits per heavy atom. The maximum Gasteiger partial charge on any atom is 0.0416 e. The van der Waals surface area contributed by atoms with Gasteiger partial charge in [-0.05, 0) is 36.2 Å². The summed E-state index contributed by atoms with van der Waals surface area (Å²) in [4.78, 5) is 4.09. The van der Waals surface area contributed by atoms with E-state index in [0.717, 1.165) is 16.7 Å². The summed E-state index contributed by atoms with van der Waals surface area (Å²) in [5.41, 5.74) is 3.56. The summed E-state index contributed by atoms with van der Waals surface area (Å²) in [6, 6.07) is 10.2. The largest absolute Gasteiger partial charge is 0.381 e. The first kappa shape index (κ1) is 11.1. The minimum absolute atomic E-state index is 0.797. The zero-order valence-corrected chi connectivity index (χ0v) is 10.7. The lowest BCUT2D eigenvalue weighted by Crippen LogP contribution is -2.01. The van der Waals surface area contributed by atoms with Gasteiger partial charge < -0.3 is 5.32 Å². The molecule has 0 radical (unpaired) electrons. The van der Waals surface area contributed by atoms with Crippen LogP contribution >= 0.6 is 15.9 Å². The van der Waals surface area contributed by atoms with Gasteiger partial charge in [-0.3, -0.25) is 4.98 Å². The van der Waals surface area contributed by atoms with Gasteiger partial charge in [0.05, 0.1) is 0 Å². The Kier molecular flexibility index (Phi) is 3.57. The first-order valence-corrected chi connectivity index (χ1v) is 5.94. The monoisotopic (exact) mass is 276 g/mol. The van der Waals surface area contributed by atoms with Crippen LogP contribution in [0.1, 0.15) is 11.1 Å². The fraction of sp³-hybridized carbons (Fsp3) is 0.154. The molecular weight excluding hydrogens is 264 g/mol. The van der Waals surface area contributed by atoms with E-state index >= 15 is 0 Å². The van der Waals surface area contributed by atoms with E-state index < -0.39 is 0 Å². The molecular formula is C13H13BrN2. The van der Waals surface area contributed by atoms with E-state index in [1.807, 2.05) is 24.4 Å². The second kappa shape index (κ2) is 5.12. The van der Waals surface area contributed by atoms with Crippen molar-refractivity contribution in [2.45, 2.75) is 13.5 Å². The third kappa shape index (κ3) is 2.61. The summed E-state index contributed by atoms with van der Waals surface area (Å²) in [6.45, 7) is 2.89. The molecule has 16 heavy (non-hydrogen) atoms. The molecule has 0 saturated heterocycles. The Bertz CT molecular complexity index is 469. The molecule has 0 aliphatic rings. The fourth-order valence-corrected chi connectivity index (χ4v) is 1.87. The van der Waals surface area contributed by atoms with E-state index in [4.69, 9.17) is 0 Å². The van der Waals surface area contributed by atoms with Gasteiger partial charge in [-0.15, -0.1) is 0 Å². The molecule has 1 aromatic heterocycles. The summed E-state index contributed by atoms with van der Waals surface area (Å²) in [5.74, 6) is 0. The van der Waals surface area contributed by atoms with E-state index in [0.29, 0.717) is 0 Å². The molecule has 0 bridgehead atoms. The quantitative estimate of drug-likeness (QED) is 0.923. The van der Waals surface area contributed by atoms with Crippen molar-refractivity contribution >= 4 is 21.6 Å². The second-order valence-corrected chi connectivity index (χ2v) is 4.48. The molecule has 3 heteroatoms.